The van der Waals surface area contributed by atoms with Crippen LogP contribution in [0, 0.1) is 23.2 Å². The van der Waals surface area contributed by atoms with Crippen LogP contribution < -0.4 is 5.32 Å². The molecule has 5 nitrogen and oxygen atoms in total. The van der Waals surface area contributed by atoms with Gasteiger partial charge in [0.2, 0.25) is 0 Å². The lowest BCUT2D eigenvalue weighted by atomic mass is 9.85. The van der Waals surface area contributed by atoms with Crippen molar-refractivity contribution in [3.63, 3.8) is 0 Å². The van der Waals surface area contributed by atoms with Crippen molar-refractivity contribution in [3.8, 4) is 6.07 Å². The third-order valence-corrected chi connectivity index (χ3v) is 4.09. The van der Waals surface area contributed by atoms with Crippen LogP contribution in [0.15, 0.2) is 0 Å². The molecule has 1 aliphatic carbocycles. The number of nitriles is 1. The zero-order chi connectivity index (χ0) is 13.0. The largest absolute Gasteiger partial charge is 0.481 e. The van der Waals surface area contributed by atoms with Crippen LogP contribution in [-0.4, -0.2) is 48.2 Å². The van der Waals surface area contributed by atoms with Gasteiger partial charge in [0.05, 0.1) is 18.5 Å². The summed E-state index contributed by atoms with van der Waals surface area (Å²) in [7, 11) is 0. The van der Waals surface area contributed by atoms with Crippen molar-refractivity contribution in [3.05, 3.63) is 0 Å². The Balaban J connectivity index is 1.83. The van der Waals surface area contributed by atoms with Gasteiger partial charge in [0.25, 0.3) is 0 Å². The zero-order valence-corrected chi connectivity index (χ0v) is 10.6. The molecule has 0 spiro atoms. The second-order valence-electron chi connectivity index (χ2n) is 5.53. The first-order valence-electron chi connectivity index (χ1n) is 6.74. The topological polar surface area (TPSA) is 76.4 Å². The second-order valence-corrected chi connectivity index (χ2v) is 5.53. The van der Waals surface area contributed by atoms with Gasteiger partial charge in [0, 0.05) is 19.1 Å². The molecule has 0 radical (unpaired) electrons. The van der Waals surface area contributed by atoms with Crippen LogP contribution in [0.5, 0.6) is 0 Å². The summed E-state index contributed by atoms with van der Waals surface area (Å²) < 4.78 is 0. The van der Waals surface area contributed by atoms with Crippen molar-refractivity contribution in [2.75, 3.05) is 26.2 Å². The van der Waals surface area contributed by atoms with Crippen LogP contribution in [-0.2, 0) is 4.79 Å². The molecule has 18 heavy (non-hydrogen) atoms. The van der Waals surface area contributed by atoms with Crippen molar-refractivity contribution < 1.29 is 9.90 Å². The van der Waals surface area contributed by atoms with E-state index in [1.165, 1.54) is 19.3 Å². The molecular weight excluding hydrogens is 230 g/mol. The SMILES string of the molecule is N#CCN1CC(NCC2CCC2)CC(C(=O)O)C1. The van der Waals surface area contributed by atoms with Crippen LogP contribution >= 0.6 is 0 Å². The molecule has 1 saturated carbocycles. The molecule has 0 aromatic heterocycles. The van der Waals surface area contributed by atoms with Crippen LogP contribution in [0.25, 0.3) is 0 Å². The first-order chi connectivity index (χ1) is 8.69. The van der Waals surface area contributed by atoms with E-state index in [-0.39, 0.29) is 12.0 Å². The number of carbonyl (C=O) groups is 1. The van der Waals surface area contributed by atoms with Gasteiger partial charge in [0.1, 0.15) is 0 Å². The first kappa shape index (κ1) is 13.3. The fourth-order valence-electron chi connectivity index (χ4n) is 2.78. The molecule has 1 saturated heterocycles. The molecule has 2 rings (SSSR count). The van der Waals surface area contributed by atoms with Crippen molar-refractivity contribution in [2.45, 2.75) is 31.7 Å². The van der Waals surface area contributed by atoms with Crippen LogP contribution in [0.1, 0.15) is 25.7 Å². The maximum atomic E-state index is 11.1. The normalized spacial score (nSPS) is 29.5. The summed E-state index contributed by atoms with van der Waals surface area (Å²) >= 11 is 0. The Morgan fingerprint density at radius 2 is 2.22 bits per heavy atom. The van der Waals surface area contributed by atoms with E-state index in [4.69, 9.17) is 10.4 Å². The molecule has 0 aromatic carbocycles. The quantitative estimate of drug-likeness (QED) is 0.703. The highest BCUT2D eigenvalue weighted by Gasteiger charge is 2.31. The van der Waals surface area contributed by atoms with Crippen molar-refractivity contribution in [1.82, 2.24) is 10.2 Å². The lowest BCUT2D eigenvalue weighted by Gasteiger charge is -2.37. The standard InChI is InChI=1S/C13H21N3O2/c14-4-5-16-8-11(13(17)18)6-12(9-16)15-7-10-2-1-3-10/h10-12,15H,1-3,5-9H2,(H,17,18). The van der Waals surface area contributed by atoms with Crippen LogP contribution in [0.2, 0.25) is 0 Å². The molecule has 0 bridgehead atoms. The molecule has 2 N–H and O–H groups in total. The molecule has 2 atom stereocenters. The van der Waals surface area contributed by atoms with E-state index in [1.54, 1.807) is 0 Å². The minimum Gasteiger partial charge on any atom is -0.481 e. The average Bonchev–Trinajstić information content (AvgIpc) is 2.27. The number of piperidine rings is 1. The Morgan fingerprint density at radius 3 is 2.78 bits per heavy atom. The molecule has 5 heteroatoms. The van der Waals surface area contributed by atoms with Crippen molar-refractivity contribution in [2.24, 2.45) is 11.8 Å². The number of likely N-dealkylation sites (tertiary alicyclic amines) is 1. The predicted molar refractivity (Wildman–Crippen MR) is 66.9 cm³/mol. The Morgan fingerprint density at radius 1 is 1.44 bits per heavy atom. The van der Waals surface area contributed by atoms with E-state index in [0.717, 1.165) is 19.0 Å². The number of carboxylic acid groups (broad SMARTS) is 1. The summed E-state index contributed by atoms with van der Waals surface area (Å²) in [5, 5.41) is 21.4. The number of aliphatic carboxylic acids is 1. The van der Waals surface area contributed by atoms with Gasteiger partial charge in [-0.25, -0.2) is 0 Å². The van der Waals surface area contributed by atoms with Gasteiger partial charge in [-0.15, -0.1) is 0 Å². The first-order valence-corrected chi connectivity index (χ1v) is 6.74. The maximum absolute atomic E-state index is 11.1. The number of carboxylic acids is 1. The van der Waals surface area contributed by atoms with E-state index in [0.29, 0.717) is 19.5 Å². The third-order valence-electron chi connectivity index (χ3n) is 4.09. The Kier molecular flexibility index (Phi) is 4.56. The number of hydrogen-bond donors (Lipinski definition) is 2. The number of hydrogen-bond acceptors (Lipinski definition) is 4. The lowest BCUT2D eigenvalue weighted by Crippen LogP contribution is -2.52. The van der Waals surface area contributed by atoms with Gasteiger partial charge in [0.15, 0.2) is 0 Å². The molecule has 0 amide bonds. The van der Waals surface area contributed by atoms with E-state index < -0.39 is 5.97 Å². The number of rotatable bonds is 5. The van der Waals surface area contributed by atoms with Gasteiger partial charge >= 0.3 is 5.97 Å². The molecule has 100 valence electrons. The summed E-state index contributed by atoms with van der Waals surface area (Å²) in [6, 6.07) is 2.33. The van der Waals surface area contributed by atoms with Gasteiger partial charge < -0.3 is 10.4 Å². The highest BCUT2D eigenvalue weighted by atomic mass is 16.4. The van der Waals surface area contributed by atoms with Gasteiger partial charge in [-0.3, -0.25) is 9.69 Å². The highest BCUT2D eigenvalue weighted by Crippen LogP contribution is 2.26. The minimum absolute atomic E-state index is 0.216. The van der Waals surface area contributed by atoms with Crippen LogP contribution in [0.3, 0.4) is 0 Å². The minimum atomic E-state index is -0.743. The smallest absolute Gasteiger partial charge is 0.307 e. The number of nitrogens with one attached hydrogen (secondary N) is 1. The Hall–Kier alpha value is -1.12. The maximum Gasteiger partial charge on any atom is 0.307 e. The average molecular weight is 251 g/mol. The summed E-state index contributed by atoms with van der Waals surface area (Å²) in [5.41, 5.74) is 0. The number of nitrogens with zero attached hydrogens (tertiary/aromatic N) is 2. The molecule has 1 heterocycles. The predicted octanol–water partition coefficient (Wildman–Crippen LogP) is 0.675. The van der Waals surface area contributed by atoms with E-state index in [9.17, 15) is 4.79 Å². The Labute approximate surface area is 108 Å². The van der Waals surface area contributed by atoms with Gasteiger partial charge in [-0.1, -0.05) is 6.42 Å². The highest BCUT2D eigenvalue weighted by molar-refractivity contribution is 5.70. The van der Waals surface area contributed by atoms with E-state index >= 15 is 0 Å². The van der Waals surface area contributed by atoms with Crippen molar-refractivity contribution >= 4 is 5.97 Å². The fraction of sp³-hybridized carbons (Fsp3) is 0.846. The third kappa shape index (κ3) is 3.44. The Bertz CT molecular complexity index is 336. The second kappa shape index (κ2) is 6.17. The molecule has 2 unspecified atom stereocenters. The monoisotopic (exact) mass is 251 g/mol. The van der Waals surface area contributed by atoms with Crippen molar-refractivity contribution in [1.29, 1.82) is 5.26 Å². The fourth-order valence-corrected chi connectivity index (χ4v) is 2.78. The summed E-state index contributed by atoms with van der Waals surface area (Å²) in [6.45, 7) is 2.62. The van der Waals surface area contributed by atoms with E-state index in [1.807, 2.05) is 4.90 Å². The summed E-state index contributed by atoms with van der Waals surface area (Å²) in [5.74, 6) is -0.307. The molecule has 1 aliphatic heterocycles. The van der Waals surface area contributed by atoms with Crippen LogP contribution in [0.4, 0.5) is 0 Å². The zero-order valence-electron chi connectivity index (χ0n) is 10.6. The molecule has 2 aliphatic rings. The molecular formula is C13H21N3O2. The lowest BCUT2D eigenvalue weighted by molar-refractivity contribution is -0.143. The van der Waals surface area contributed by atoms with Gasteiger partial charge in [-0.2, -0.15) is 5.26 Å². The summed E-state index contributed by atoms with van der Waals surface area (Å²) in [6.07, 6.45) is 4.60. The van der Waals surface area contributed by atoms with E-state index in [2.05, 4.69) is 11.4 Å². The molecule has 2 fully saturated rings. The summed E-state index contributed by atoms with van der Waals surface area (Å²) in [4.78, 5) is 13.1. The van der Waals surface area contributed by atoms with Gasteiger partial charge in [-0.05, 0) is 31.7 Å². The molecule has 0 aromatic rings.